The standard InChI is InChI=1S/C13H18N2O4S/c1-12(2,6-16)5-14-7-9(17)15-8(11(18)19)13(3,4)20-10(7)15/h5-8,10H,1-4H3,(H,18,19)/t7-,8+,10-/m1/s1. The fourth-order valence-electron chi connectivity index (χ4n) is 2.43. The molecule has 0 spiro atoms. The first kappa shape index (κ1) is 15.0. The third kappa shape index (κ3) is 2.24. The molecule has 20 heavy (non-hydrogen) atoms. The van der Waals surface area contributed by atoms with Crippen molar-refractivity contribution in [3.8, 4) is 0 Å². The Hall–Kier alpha value is -1.37. The average Bonchev–Trinajstić information content (AvgIpc) is 2.58. The van der Waals surface area contributed by atoms with Gasteiger partial charge < -0.3 is 14.8 Å². The molecule has 2 fully saturated rings. The van der Waals surface area contributed by atoms with Crippen molar-refractivity contribution in [2.75, 3.05) is 0 Å². The minimum absolute atomic E-state index is 0.252. The lowest BCUT2D eigenvalue weighted by Crippen LogP contribution is -2.65. The molecule has 0 aliphatic carbocycles. The highest BCUT2D eigenvalue weighted by Crippen LogP contribution is 2.51. The summed E-state index contributed by atoms with van der Waals surface area (Å²) in [6, 6.07) is -1.40. The topological polar surface area (TPSA) is 87.0 Å². The maximum atomic E-state index is 12.1. The summed E-state index contributed by atoms with van der Waals surface area (Å²) < 4.78 is -0.545. The maximum absolute atomic E-state index is 12.1. The number of amides is 1. The van der Waals surface area contributed by atoms with Gasteiger partial charge in [-0.15, -0.1) is 11.8 Å². The summed E-state index contributed by atoms with van der Waals surface area (Å²) in [4.78, 5) is 39.8. The van der Waals surface area contributed by atoms with Gasteiger partial charge in [-0.3, -0.25) is 9.79 Å². The highest BCUT2D eigenvalue weighted by atomic mass is 32.2. The molecule has 0 unspecified atom stereocenters. The van der Waals surface area contributed by atoms with Crippen molar-refractivity contribution in [3.05, 3.63) is 0 Å². The maximum Gasteiger partial charge on any atom is 0.327 e. The molecule has 2 saturated heterocycles. The van der Waals surface area contributed by atoms with Crippen molar-refractivity contribution >= 4 is 36.1 Å². The molecular formula is C13H18N2O4S. The predicted molar refractivity (Wildman–Crippen MR) is 75.9 cm³/mol. The van der Waals surface area contributed by atoms with Gasteiger partial charge >= 0.3 is 5.97 Å². The van der Waals surface area contributed by atoms with Gasteiger partial charge in [0.15, 0.2) is 6.04 Å². The third-order valence-corrected chi connectivity index (χ3v) is 5.08. The second-order valence-electron chi connectivity index (χ2n) is 6.26. The zero-order valence-electron chi connectivity index (χ0n) is 11.9. The van der Waals surface area contributed by atoms with Crippen LogP contribution in [0.15, 0.2) is 4.99 Å². The molecule has 1 N–H and O–H groups in total. The molecule has 0 aromatic rings. The van der Waals surface area contributed by atoms with Gasteiger partial charge in [-0.05, 0) is 27.7 Å². The number of carboxylic acids is 1. The van der Waals surface area contributed by atoms with Gasteiger partial charge in [0.1, 0.15) is 17.7 Å². The first-order valence-electron chi connectivity index (χ1n) is 6.34. The lowest BCUT2D eigenvalue weighted by molar-refractivity contribution is -0.158. The van der Waals surface area contributed by atoms with E-state index in [1.54, 1.807) is 13.8 Å². The zero-order chi connectivity index (χ0) is 15.3. The summed E-state index contributed by atoms with van der Waals surface area (Å²) >= 11 is 1.45. The van der Waals surface area contributed by atoms with Gasteiger partial charge in [0.25, 0.3) is 5.91 Å². The average molecular weight is 298 g/mol. The van der Waals surface area contributed by atoms with Gasteiger partial charge in [0, 0.05) is 11.0 Å². The number of hydrogen-bond acceptors (Lipinski definition) is 5. The van der Waals surface area contributed by atoms with Crippen LogP contribution < -0.4 is 0 Å². The van der Waals surface area contributed by atoms with E-state index < -0.39 is 28.2 Å². The minimum Gasteiger partial charge on any atom is -0.480 e. The van der Waals surface area contributed by atoms with Crippen molar-refractivity contribution in [1.29, 1.82) is 0 Å². The van der Waals surface area contributed by atoms with Gasteiger partial charge in [-0.2, -0.15) is 0 Å². The molecule has 0 radical (unpaired) electrons. The predicted octanol–water partition coefficient (Wildman–Crippen LogP) is 0.798. The SMILES string of the molecule is CC(C)(C=O)C=N[C@@H]1C(=O)N2[C@@H]1SC(C)(C)[C@@H]2C(=O)O. The lowest BCUT2D eigenvalue weighted by Gasteiger charge is -2.41. The Morgan fingerprint density at radius 1 is 1.50 bits per heavy atom. The number of aliphatic imine (C=N–C) groups is 1. The number of fused-ring (bicyclic) bond motifs is 1. The highest BCUT2D eigenvalue weighted by Gasteiger charge is 2.63. The fraction of sp³-hybridized carbons (Fsp3) is 0.692. The number of rotatable bonds is 4. The molecule has 6 nitrogen and oxygen atoms in total. The van der Waals surface area contributed by atoms with Crippen LogP contribution in [-0.4, -0.2) is 56.6 Å². The number of carbonyl (C=O) groups is 3. The summed E-state index contributed by atoms with van der Waals surface area (Å²) in [5, 5.41) is 9.03. The van der Waals surface area contributed by atoms with Crippen molar-refractivity contribution < 1.29 is 19.5 Å². The first-order chi connectivity index (χ1) is 9.10. The Bertz CT molecular complexity index is 501. The van der Waals surface area contributed by atoms with Crippen LogP contribution in [0, 0.1) is 5.41 Å². The van der Waals surface area contributed by atoms with E-state index in [2.05, 4.69) is 4.99 Å². The molecule has 110 valence electrons. The second-order valence-corrected chi connectivity index (χ2v) is 8.03. The van der Waals surface area contributed by atoms with Crippen molar-refractivity contribution in [2.24, 2.45) is 10.4 Å². The highest BCUT2D eigenvalue weighted by molar-refractivity contribution is 8.01. The Kier molecular flexibility index (Phi) is 3.44. The molecule has 2 rings (SSSR count). The molecule has 2 aliphatic heterocycles. The van der Waals surface area contributed by atoms with E-state index in [-0.39, 0.29) is 11.3 Å². The van der Waals surface area contributed by atoms with Gasteiger partial charge in [-0.25, -0.2) is 4.79 Å². The van der Waals surface area contributed by atoms with Crippen molar-refractivity contribution in [1.82, 2.24) is 4.90 Å². The van der Waals surface area contributed by atoms with Gasteiger partial charge in [0.2, 0.25) is 0 Å². The Balaban J connectivity index is 2.19. The van der Waals surface area contributed by atoms with Crippen LogP contribution in [-0.2, 0) is 14.4 Å². The van der Waals surface area contributed by atoms with Gasteiger partial charge in [-0.1, -0.05) is 0 Å². The van der Waals surface area contributed by atoms with E-state index in [9.17, 15) is 19.5 Å². The number of aldehydes is 1. The summed E-state index contributed by atoms with van der Waals surface area (Å²) in [6.45, 7) is 7.04. The van der Waals surface area contributed by atoms with Crippen molar-refractivity contribution in [2.45, 2.75) is 49.9 Å². The van der Waals surface area contributed by atoms with Crippen LogP contribution in [0.3, 0.4) is 0 Å². The number of β-lactam (4-membered cyclic amide) rings is 1. The van der Waals surface area contributed by atoms with Gasteiger partial charge in [0.05, 0.1) is 5.41 Å². The molecule has 0 saturated carbocycles. The van der Waals surface area contributed by atoms with E-state index >= 15 is 0 Å². The monoisotopic (exact) mass is 298 g/mol. The normalized spacial score (nSPS) is 32.1. The Labute approximate surface area is 121 Å². The molecule has 0 aromatic heterocycles. The number of carboxylic acid groups (broad SMARTS) is 1. The van der Waals surface area contributed by atoms with E-state index in [1.165, 1.54) is 22.9 Å². The number of aliphatic carboxylic acids is 1. The van der Waals surface area contributed by atoms with E-state index in [1.807, 2.05) is 13.8 Å². The van der Waals surface area contributed by atoms with Crippen LogP contribution >= 0.6 is 11.8 Å². The summed E-state index contributed by atoms with van der Waals surface area (Å²) in [6.07, 6.45) is 2.24. The molecule has 0 aromatic carbocycles. The van der Waals surface area contributed by atoms with Crippen LogP contribution in [0.4, 0.5) is 0 Å². The third-order valence-electron chi connectivity index (χ3n) is 3.52. The zero-order valence-corrected chi connectivity index (χ0v) is 12.7. The molecule has 7 heteroatoms. The van der Waals surface area contributed by atoms with E-state index in [0.717, 1.165) is 6.29 Å². The number of carbonyl (C=O) groups excluding carboxylic acids is 2. The van der Waals surface area contributed by atoms with Crippen LogP contribution in [0.1, 0.15) is 27.7 Å². The lowest BCUT2D eigenvalue weighted by atomic mass is 9.95. The van der Waals surface area contributed by atoms with E-state index in [4.69, 9.17) is 0 Å². The van der Waals surface area contributed by atoms with Crippen LogP contribution in [0.5, 0.6) is 0 Å². The molecular weight excluding hydrogens is 280 g/mol. The summed E-state index contributed by atoms with van der Waals surface area (Å²) in [5.41, 5.74) is -0.717. The number of thioether (sulfide) groups is 1. The smallest absolute Gasteiger partial charge is 0.327 e. The molecule has 1 amide bonds. The quantitative estimate of drug-likeness (QED) is 0.471. The largest absolute Gasteiger partial charge is 0.480 e. The number of hydrogen-bond donors (Lipinski definition) is 1. The first-order valence-corrected chi connectivity index (χ1v) is 7.22. The molecule has 3 atom stereocenters. The van der Waals surface area contributed by atoms with Crippen LogP contribution in [0.2, 0.25) is 0 Å². The van der Waals surface area contributed by atoms with Crippen LogP contribution in [0.25, 0.3) is 0 Å². The second kappa shape index (κ2) is 4.58. The minimum atomic E-state index is -0.992. The van der Waals surface area contributed by atoms with Crippen molar-refractivity contribution in [3.63, 3.8) is 0 Å². The Morgan fingerprint density at radius 2 is 2.10 bits per heavy atom. The Morgan fingerprint density at radius 3 is 2.60 bits per heavy atom. The fourth-order valence-corrected chi connectivity index (χ4v) is 4.05. The molecule has 0 bridgehead atoms. The molecule has 2 heterocycles. The summed E-state index contributed by atoms with van der Waals surface area (Å²) in [7, 11) is 0. The van der Waals surface area contributed by atoms with E-state index in [0.29, 0.717) is 0 Å². The summed E-state index contributed by atoms with van der Waals surface area (Å²) in [5.74, 6) is -1.27. The number of nitrogens with zero attached hydrogens (tertiary/aromatic N) is 2. The molecule has 2 aliphatic rings.